The fourth-order valence-corrected chi connectivity index (χ4v) is 2.34. The molecular weight excluding hydrogens is 295 g/mol. The Bertz CT molecular complexity index is 872. The first-order chi connectivity index (χ1) is 10.5. The number of carbonyl (C=O) groups is 1. The lowest BCUT2D eigenvalue weighted by molar-refractivity contribution is 0.0956. The molecule has 22 heavy (non-hydrogen) atoms. The van der Waals surface area contributed by atoms with Crippen molar-refractivity contribution < 1.29 is 18.0 Å². The van der Waals surface area contributed by atoms with Crippen LogP contribution in [0.1, 0.15) is 10.4 Å². The molecule has 0 saturated carbocycles. The molecule has 112 valence electrons. The Morgan fingerprint density at radius 1 is 1.05 bits per heavy atom. The molecular formula is C15H10F3N3O. The van der Waals surface area contributed by atoms with E-state index in [0.29, 0.717) is 5.56 Å². The van der Waals surface area contributed by atoms with Crippen molar-refractivity contribution in [3.63, 3.8) is 0 Å². The molecule has 0 fully saturated rings. The molecule has 0 saturated heterocycles. The third-order valence-corrected chi connectivity index (χ3v) is 3.36. The highest BCUT2D eigenvalue weighted by molar-refractivity contribution is 6.12. The summed E-state index contributed by atoms with van der Waals surface area (Å²) in [7, 11) is 0. The fraction of sp³-hybridized carbons (Fsp3) is 0. The lowest BCUT2D eigenvalue weighted by atomic mass is 10.0. The summed E-state index contributed by atoms with van der Waals surface area (Å²) < 4.78 is 40.3. The van der Waals surface area contributed by atoms with E-state index in [0.717, 1.165) is 6.07 Å². The lowest BCUT2D eigenvalue weighted by Gasteiger charge is -2.03. The van der Waals surface area contributed by atoms with Crippen LogP contribution in [-0.4, -0.2) is 10.9 Å². The first kappa shape index (κ1) is 14.2. The van der Waals surface area contributed by atoms with Crippen molar-refractivity contribution in [3.05, 3.63) is 59.4 Å². The van der Waals surface area contributed by atoms with Crippen LogP contribution in [-0.2, 0) is 0 Å². The summed E-state index contributed by atoms with van der Waals surface area (Å²) in [5.41, 5.74) is 2.53. The molecule has 2 aromatic carbocycles. The number of halogens is 3. The van der Waals surface area contributed by atoms with Crippen LogP contribution in [0.2, 0.25) is 0 Å². The van der Waals surface area contributed by atoms with E-state index in [9.17, 15) is 18.0 Å². The van der Waals surface area contributed by atoms with Crippen molar-refractivity contribution in [2.75, 3.05) is 0 Å². The minimum Gasteiger partial charge on any atom is -0.351 e. The first-order valence-electron chi connectivity index (χ1n) is 6.29. The number of nitrogens with one attached hydrogen (secondary N) is 2. The van der Waals surface area contributed by atoms with Crippen LogP contribution in [0.4, 0.5) is 13.2 Å². The zero-order chi connectivity index (χ0) is 15.9. The van der Waals surface area contributed by atoms with E-state index in [2.05, 4.69) is 4.98 Å². The van der Waals surface area contributed by atoms with Crippen LogP contribution < -0.4 is 11.3 Å². The van der Waals surface area contributed by atoms with Gasteiger partial charge < -0.3 is 4.98 Å². The SMILES string of the molecule is NNC(=O)c1c(-c2ccc(F)cc2)[nH]c2c(F)c(F)ccc12. The third-order valence-electron chi connectivity index (χ3n) is 3.36. The molecule has 0 aliphatic heterocycles. The van der Waals surface area contributed by atoms with E-state index in [-0.39, 0.29) is 22.2 Å². The minimum atomic E-state index is -1.10. The van der Waals surface area contributed by atoms with E-state index in [4.69, 9.17) is 5.84 Å². The molecule has 0 radical (unpaired) electrons. The van der Waals surface area contributed by atoms with E-state index >= 15 is 0 Å². The number of carbonyl (C=O) groups excluding carboxylic acids is 1. The van der Waals surface area contributed by atoms with E-state index < -0.39 is 23.4 Å². The normalized spacial score (nSPS) is 10.9. The average Bonchev–Trinajstić information content (AvgIpc) is 2.91. The van der Waals surface area contributed by atoms with Gasteiger partial charge in [-0.1, -0.05) is 0 Å². The third kappa shape index (κ3) is 2.11. The molecule has 7 heteroatoms. The molecule has 0 spiro atoms. The molecule has 3 aromatic rings. The molecule has 0 unspecified atom stereocenters. The highest BCUT2D eigenvalue weighted by atomic mass is 19.2. The molecule has 1 heterocycles. The maximum atomic E-state index is 13.9. The number of aromatic nitrogens is 1. The molecule has 4 N–H and O–H groups in total. The monoisotopic (exact) mass is 305 g/mol. The van der Waals surface area contributed by atoms with Gasteiger partial charge in [-0.3, -0.25) is 10.2 Å². The topological polar surface area (TPSA) is 70.9 Å². The summed E-state index contributed by atoms with van der Waals surface area (Å²) >= 11 is 0. The molecule has 0 aliphatic rings. The van der Waals surface area contributed by atoms with Gasteiger partial charge in [-0.05, 0) is 42.0 Å². The molecule has 0 bridgehead atoms. The van der Waals surface area contributed by atoms with Gasteiger partial charge in [0.1, 0.15) is 5.82 Å². The van der Waals surface area contributed by atoms with Gasteiger partial charge in [-0.15, -0.1) is 0 Å². The van der Waals surface area contributed by atoms with Gasteiger partial charge in [0.15, 0.2) is 11.6 Å². The summed E-state index contributed by atoms with van der Waals surface area (Å²) in [5.74, 6) is 1.88. The highest BCUT2D eigenvalue weighted by Gasteiger charge is 2.22. The Labute approximate surface area is 122 Å². The number of rotatable bonds is 2. The molecule has 1 aromatic heterocycles. The number of nitrogen functional groups attached to an aromatic ring is 1. The zero-order valence-corrected chi connectivity index (χ0v) is 11.1. The summed E-state index contributed by atoms with van der Waals surface area (Å²) in [5, 5.41) is 0.182. The van der Waals surface area contributed by atoms with Crippen molar-refractivity contribution in [1.82, 2.24) is 10.4 Å². The standard InChI is InChI=1S/C15H10F3N3O/c16-8-3-1-7(2-4-8)13-11(15(22)21-19)9-5-6-10(17)12(18)14(9)20-13/h1-6,20H,19H2,(H,21,22). The number of amides is 1. The summed E-state index contributed by atoms with van der Waals surface area (Å²) in [6, 6.07) is 7.43. The highest BCUT2D eigenvalue weighted by Crippen LogP contribution is 2.32. The molecule has 3 rings (SSSR count). The van der Waals surface area contributed by atoms with Crippen LogP contribution in [0.5, 0.6) is 0 Å². The second-order valence-corrected chi connectivity index (χ2v) is 4.64. The van der Waals surface area contributed by atoms with Gasteiger partial charge in [-0.2, -0.15) is 0 Å². The van der Waals surface area contributed by atoms with Crippen LogP contribution >= 0.6 is 0 Å². The van der Waals surface area contributed by atoms with Gasteiger partial charge in [-0.25, -0.2) is 19.0 Å². The Morgan fingerprint density at radius 3 is 2.36 bits per heavy atom. The van der Waals surface area contributed by atoms with Crippen molar-refractivity contribution in [2.45, 2.75) is 0 Å². The minimum absolute atomic E-state index is 0.0583. The maximum absolute atomic E-state index is 13.9. The summed E-state index contributed by atoms with van der Waals surface area (Å²) in [4.78, 5) is 14.7. The van der Waals surface area contributed by atoms with E-state index in [1.165, 1.54) is 30.3 Å². The smallest absolute Gasteiger partial charge is 0.267 e. The van der Waals surface area contributed by atoms with Crippen LogP contribution in [0, 0.1) is 17.5 Å². The van der Waals surface area contributed by atoms with Crippen LogP contribution in [0.25, 0.3) is 22.2 Å². The number of H-pyrrole nitrogens is 1. The second-order valence-electron chi connectivity index (χ2n) is 4.64. The van der Waals surface area contributed by atoms with Gasteiger partial charge >= 0.3 is 0 Å². The van der Waals surface area contributed by atoms with Crippen molar-refractivity contribution in [2.24, 2.45) is 5.84 Å². The Kier molecular flexibility index (Phi) is 3.34. The van der Waals surface area contributed by atoms with E-state index in [1.54, 1.807) is 0 Å². The van der Waals surface area contributed by atoms with Crippen LogP contribution in [0.15, 0.2) is 36.4 Å². The summed E-state index contributed by atoms with van der Waals surface area (Å²) in [6.45, 7) is 0. The zero-order valence-electron chi connectivity index (χ0n) is 11.1. The summed E-state index contributed by atoms with van der Waals surface area (Å²) in [6.07, 6.45) is 0. The second kappa shape index (κ2) is 5.19. The van der Waals surface area contributed by atoms with Crippen molar-refractivity contribution in [3.8, 4) is 11.3 Å². The van der Waals surface area contributed by atoms with Gasteiger partial charge in [0.05, 0.1) is 16.8 Å². The number of hydrazine groups is 1. The lowest BCUT2D eigenvalue weighted by Crippen LogP contribution is -2.30. The maximum Gasteiger partial charge on any atom is 0.267 e. The molecule has 4 nitrogen and oxygen atoms in total. The van der Waals surface area contributed by atoms with E-state index in [1.807, 2.05) is 5.43 Å². The molecule has 1 amide bonds. The predicted molar refractivity (Wildman–Crippen MR) is 75.3 cm³/mol. The number of fused-ring (bicyclic) bond motifs is 1. The largest absolute Gasteiger partial charge is 0.351 e. The number of hydrogen-bond acceptors (Lipinski definition) is 2. The number of nitrogens with two attached hydrogens (primary N) is 1. The van der Waals surface area contributed by atoms with Gasteiger partial charge in [0.2, 0.25) is 0 Å². The predicted octanol–water partition coefficient (Wildman–Crippen LogP) is 2.86. The van der Waals surface area contributed by atoms with Crippen molar-refractivity contribution in [1.29, 1.82) is 0 Å². The number of aromatic amines is 1. The fourth-order valence-electron chi connectivity index (χ4n) is 2.34. The van der Waals surface area contributed by atoms with Gasteiger partial charge in [0.25, 0.3) is 5.91 Å². The number of benzene rings is 2. The first-order valence-corrected chi connectivity index (χ1v) is 6.29. The van der Waals surface area contributed by atoms with Crippen molar-refractivity contribution >= 4 is 16.8 Å². The van der Waals surface area contributed by atoms with Crippen LogP contribution in [0.3, 0.4) is 0 Å². The molecule has 0 aliphatic carbocycles. The molecule has 0 atom stereocenters. The Balaban J connectivity index is 2.35. The van der Waals surface area contributed by atoms with Gasteiger partial charge in [0, 0.05) is 5.39 Å². The Hall–Kier alpha value is -2.80. The Morgan fingerprint density at radius 2 is 1.73 bits per heavy atom. The average molecular weight is 305 g/mol. The number of hydrogen-bond donors (Lipinski definition) is 3. The quantitative estimate of drug-likeness (QED) is 0.387.